The van der Waals surface area contributed by atoms with Crippen molar-refractivity contribution in [3.63, 3.8) is 0 Å². The molecule has 0 radical (unpaired) electrons. The molecule has 2 aromatic carbocycles. The summed E-state index contributed by atoms with van der Waals surface area (Å²) in [6, 6.07) is 17.5. The standard InChI is InChI=1S/C13H13NO.C8H16O2/c14-10-11-6-8-13(9-7-11)15-12-4-2-1-3-5-12;1-8(2,3)6-4-5-7(9)10/h1-9H,10,14H2;4-6H2,1-3H3,(H,9,10). The molecular formula is C21H29NO3. The first kappa shape index (κ1) is 20.7. The summed E-state index contributed by atoms with van der Waals surface area (Å²) in [4.78, 5) is 10.1. The number of rotatable bonds is 6. The SMILES string of the molecule is CC(C)(C)CCCC(=O)O.NCc1ccc(Oc2ccccc2)cc1. The minimum Gasteiger partial charge on any atom is -0.481 e. The monoisotopic (exact) mass is 343 g/mol. The van der Waals surface area contributed by atoms with Gasteiger partial charge in [0.15, 0.2) is 0 Å². The highest BCUT2D eigenvalue weighted by molar-refractivity contribution is 5.66. The van der Waals surface area contributed by atoms with E-state index in [1.165, 1.54) is 0 Å². The molecule has 0 heterocycles. The van der Waals surface area contributed by atoms with E-state index in [0.717, 1.165) is 29.9 Å². The molecule has 0 fully saturated rings. The first-order valence-electron chi connectivity index (χ1n) is 8.54. The van der Waals surface area contributed by atoms with E-state index in [1.54, 1.807) is 0 Å². The van der Waals surface area contributed by atoms with Crippen molar-refractivity contribution in [3.05, 3.63) is 60.2 Å². The zero-order valence-corrected chi connectivity index (χ0v) is 15.4. The van der Waals surface area contributed by atoms with Gasteiger partial charge in [-0.3, -0.25) is 4.79 Å². The molecule has 2 rings (SSSR count). The summed E-state index contributed by atoms with van der Waals surface area (Å²) in [6.07, 6.45) is 2.08. The maximum absolute atomic E-state index is 10.1. The van der Waals surface area contributed by atoms with Crippen molar-refractivity contribution in [1.29, 1.82) is 0 Å². The average Bonchev–Trinajstić information content (AvgIpc) is 2.55. The Labute approximate surface area is 150 Å². The number of para-hydroxylation sites is 1. The molecule has 0 saturated heterocycles. The van der Waals surface area contributed by atoms with Crippen LogP contribution in [0.3, 0.4) is 0 Å². The van der Waals surface area contributed by atoms with E-state index in [2.05, 4.69) is 20.8 Å². The average molecular weight is 343 g/mol. The molecular weight excluding hydrogens is 314 g/mol. The third kappa shape index (κ3) is 10.2. The van der Waals surface area contributed by atoms with E-state index >= 15 is 0 Å². The van der Waals surface area contributed by atoms with Crippen LogP contribution in [0.15, 0.2) is 54.6 Å². The molecule has 25 heavy (non-hydrogen) atoms. The first-order chi connectivity index (χ1) is 11.8. The number of ether oxygens (including phenoxy) is 1. The van der Waals surface area contributed by atoms with E-state index in [1.807, 2.05) is 54.6 Å². The van der Waals surface area contributed by atoms with Crippen LogP contribution in [0.4, 0.5) is 0 Å². The lowest BCUT2D eigenvalue weighted by Gasteiger charge is -2.16. The van der Waals surface area contributed by atoms with Gasteiger partial charge in [0.2, 0.25) is 0 Å². The molecule has 0 aliphatic carbocycles. The molecule has 136 valence electrons. The Bertz CT molecular complexity index is 616. The molecule has 4 nitrogen and oxygen atoms in total. The molecule has 0 atom stereocenters. The van der Waals surface area contributed by atoms with Gasteiger partial charge in [-0.25, -0.2) is 0 Å². The summed E-state index contributed by atoms with van der Waals surface area (Å²) in [5.74, 6) is 0.987. The van der Waals surface area contributed by atoms with E-state index in [4.69, 9.17) is 15.6 Å². The lowest BCUT2D eigenvalue weighted by molar-refractivity contribution is -0.137. The van der Waals surface area contributed by atoms with Crippen molar-refractivity contribution in [2.24, 2.45) is 11.1 Å². The summed E-state index contributed by atoms with van der Waals surface area (Å²) >= 11 is 0. The number of benzene rings is 2. The molecule has 4 heteroatoms. The highest BCUT2D eigenvalue weighted by Gasteiger charge is 2.09. The number of carbonyl (C=O) groups is 1. The zero-order chi connectivity index (χ0) is 18.7. The van der Waals surface area contributed by atoms with Crippen molar-refractivity contribution < 1.29 is 14.6 Å². The Morgan fingerprint density at radius 3 is 2.04 bits per heavy atom. The molecule has 0 bridgehead atoms. The van der Waals surface area contributed by atoms with Gasteiger partial charge in [-0.1, -0.05) is 51.1 Å². The molecule has 3 N–H and O–H groups in total. The number of carboxylic acid groups (broad SMARTS) is 1. The van der Waals surface area contributed by atoms with Crippen LogP contribution in [-0.4, -0.2) is 11.1 Å². The van der Waals surface area contributed by atoms with Crippen molar-refractivity contribution in [1.82, 2.24) is 0 Å². The molecule has 2 aromatic rings. The Kier molecular flexibility index (Phi) is 8.71. The predicted octanol–water partition coefficient (Wildman–Crippen LogP) is 5.23. The summed E-state index contributed by atoms with van der Waals surface area (Å²) in [5, 5.41) is 8.31. The lowest BCUT2D eigenvalue weighted by Crippen LogP contribution is -2.05. The molecule has 0 unspecified atom stereocenters. The molecule has 0 aliphatic rings. The quantitative estimate of drug-likeness (QED) is 0.753. The Balaban J connectivity index is 0.000000275. The Morgan fingerprint density at radius 2 is 1.56 bits per heavy atom. The summed E-state index contributed by atoms with van der Waals surface area (Å²) in [7, 11) is 0. The van der Waals surface area contributed by atoms with Gasteiger partial charge >= 0.3 is 5.97 Å². The van der Waals surface area contributed by atoms with Gasteiger partial charge in [0.25, 0.3) is 0 Å². The second-order valence-corrected chi connectivity index (χ2v) is 7.07. The normalized spacial score (nSPS) is 10.6. The van der Waals surface area contributed by atoms with Crippen molar-refractivity contribution in [2.75, 3.05) is 0 Å². The zero-order valence-electron chi connectivity index (χ0n) is 15.4. The third-order valence-electron chi connectivity index (χ3n) is 3.46. The second kappa shape index (κ2) is 10.5. The summed E-state index contributed by atoms with van der Waals surface area (Å²) in [5.41, 5.74) is 6.89. The van der Waals surface area contributed by atoms with Gasteiger partial charge in [-0.05, 0) is 48.1 Å². The van der Waals surface area contributed by atoms with Crippen LogP contribution < -0.4 is 10.5 Å². The number of nitrogens with two attached hydrogens (primary N) is 1. The number of aliphatic carboxylic acids is 1. The summed E-state index contributed by atoms with van der Waals surface area (Å²) in [6.45, 7) is 6.92. The van der Waals surface area contributed by atoms with E-state index in [-0.39, 0.29) is 5.41 Å². The van der Waals surface area contributed by atoms with Crippen molar-refractivity contribution in [3.8, 4) is 11.5 Å². The molecule has 0 saturated carbocycles. The van der Waals surface area contributed by atoms with E-state index in [9.17, 15) is 4.79 Å². The van der Waals surface area contributed by atoms with E-state index in [0.29, 0.717) is 13.0 Å². The van der Waals surface area contributed by atoms with Crippen LogP contribution in [0.1, 0.15) is 45.6 Å². The maximum atomic E-state index is 10.1. The highest BCUT2D eigenvalue weighted by atomic mass is 16.5. The van der Waals surface area contributed by atoms with Crippen LogP contribution in [0, 0.1) is 5.41 Å². The Morgan fingerprint density at radius 1 is 1.00 bits per heavy atom. The van der Waals surface area contributed by atoms with Gasteiger partial charge in [-0.2, -0.15) is 0 Å². The predicted molar refractivity (Wildman–Crippen MR) is 102 cm³/mol. The Hall–Kier alpha value is -2.33. The second-order valence-electron chi connectivity index (χ2n) is 7.07. The van der Waals surface area contributed by atoms with Gasteiger partial charge < -0.3 is 15.6 Å². The van der Waals surface area contributed by atoms with Crippen LogP contribution in [0.5, 0.6) is 11.5 Å². The molecule has 0 aliphatic heterocycles. The van der Waals surface area contributed by atoms with Crippen molar-refractivity contribution >= 4 is 5.97 Å². The smallest absolute Gasteiger partial charge is 0.303 e. The number of hydrogen-bond acceptors (Lipinski definition) is 3. The van der Waals surface area contributed by atoms with Crippen molar-refractivity contribution in [2.45, 2.75) is 46.6 Å². The third-order valence-corrected chi connectivity index (χ3v) is 3.46. The van der Waals surface area contributed by atoms with Gasteiger partial charge in [0, 0.05) is 13.0 Å². The minimum atomic E-state index is -0.691. The molecule has 0 amide bonds. The van der Waals surface area contributed by atoms with Crippen LogP contribution in [0.2, 0.25) is 0 Å². The fraction of sp³-hybridized carbons (Fsp3) is 0.381. The molecule has 0 spiro atoms. The largest absolute Gasteiger partial charge is 0.481 e. The number of hydrogen-bond donors (Lipinski definition) is 2. The van der Waals surface area contributed by atoms with Crippen LogP contribution in [0.25, 0.3) is 0 Å². The maximum Gasteiger partial charge on any atom is 0.303 e. The van der Waals surface area contributed by atoms with Crippen LogP contribution >= 0.6 is 0 Å². The highest BCUT2D eigenvalue weighted by Crippen LogP contribution is 2.21. The number of carboxylic acids is 1. The fourth-order valence-corrected chi connectivity index (χ4v) is 2.09. The lowest BCUT2D eigenvalue weighted by atomic mass is 9.90. The topological polar surface area (TPSA) is 72.5 Å². The van der Waals surface area contributed by atoms with Gasteiger partial charge in [0.05, 0.1) is 0 Å². The van der Waals surface area contributed by atoms with Crippen LogP contribution in [-0.2, 0) is 11.3 Å². The first-order valence-corrected chi connectivity index (χ1v) is 8.54. The van der Waals surface area contributed by atoms with E-state index < -0.39 is 5.97 Å². The minimum absolute atomic E-state index is 0.273. The molecule has 0 aromatic heterocycles. The van der Waals surface area contributed by atoms with Gasteiger partial charge in [0.1, 0.15) is 11.5 Å². The fourth-order valence-electron chi connectivity index (χ4n) is 2.09. The summed E-state index contributed by atoms with van der Waals surface area (Å²) < 4.78 is 5.64. The van der Waals surface area contributed by atoms with Gasteiger partial charge in [-0.15, -0.1) is 0 Å².